The molecule has 204 valence electrons. The summed E-state index contributed by atoms with van der Waals surface area (Å²) in [5, 5.41) is 0. The van der Waals surface area contributed by atoms with E-state index in [9.17, 15) is 9.59 Å². The minimum absolute atomic E-state index is 0.168. The SMILES string of the molecule is O=C(OC1C2CC(C1OC(=O)c1ccc3c(c1)CCCC3)C1c3ccccc3CC21)c1ccc2c(c1)CCCC2. The van der Waals surface area contributed by atoms with Crippen molar-refractivity contribution in [3.8, 4) is 0 Å². The number of carbonyl (C=O) groups is 2. The second-order valence-electron chi connectivity index (χ2n) is 12.8. The fourth-order valence-electron chi connectivity index (χ4n) is 8.87. The molecule has 0 spiro atoms. The normalized spacial score (nSPS) is 29.2. The average Bonchev–Trinajstić information content (AvgIpc) is 3.66. The zero-order valence-corrected chi connectivity index (χ0v) is 22.9. The van der Waals surface area contributed by atoms with E-state index in [1.807, 2.05) is 24.3 Å². The topological polar surface area (TPSA) is 52.6 Å². The van der Waals surface area contributed by atoms with Crippen LogP contribution in [-0.4, -0.2) is 24.1 Å². The van der Waals surface area contributed by atoms with Crippen molar-refractivity contribution in [2.75, 3.05) is 0 Å². The van der Waals surface area contributed by atoms with E-state index in [1.54, 1.807) is 0 Å². The number of hydrogen-bond acceptors (Lipinski definition) is 4. The van der Waals surface area contributed by atoms with Crippen molar-refractivity contribution in [1.29, 1.82) is 0 Å². The lowest BCUT2D eigenvalue weighted by Gasteiger charge is -2.37. The molecule has 0 amide bonds. The number of esters is 2. The van der Waals surface area contributed by atoms with Crippen LogP contribution in [0.1, 0.15) is 92.1 Å². The van der Waals surface area contributed by atoms with Crippen molar-refractivity contribution in [2.24, 2.45) is 17.8 Å². The Balaban J connectivity index is 1.09. The molecule has 40 heavy (non-hydrogen) atoms. The summed E-state index contributed by atoms with van der Waals surface area (Å²) in [5.74, 6) is 0.590. The van der Waals surface area contributed by atoms with Crippen molar-refractivity contribution < 1.29 is 19.1 Å². The maximum absolute atomic E-state index is 13.6. The molecule has 5 aliphatic rings. The fraction of sp³-hybridized carbons (Fsp3) is 0.444. The van der Waals surface area contributed by atoms with Gasteiger partial charge in [0.15, 0.2) is 0 Å². The van der Waals surface area contributed by atoms with Gasteiger partial charge < -0.3 is 9.47 Å². The van der Waals surface area contributed by atoms with Gasteiger partial charge in [-0.25, -0.2) is 9.59 Å². The predicted octanol–water partition coefficient (Wildman–Crippen LogP) is 6.80. The second kappa shape index (κ2) is 9.61. The molecule has 0 heterocycles. The van der Waals surface area contributed by atoms with E-state index in [4.69, 9.17) is 9.47 Å². The number of aryl methyl sites for hydroxylation is 4. The second-order valence-corrected chi connectivity index (χ2v) is 12.8. The number of hydrogen-bond donors (Lipinski definition) is 0. The highest BCUT2D eigenvalue weighted by Gasteiger charge is 2.63. The van der Waals surface area contributed by atoms with Gasteiger partial charge >= 0.3 is 11.9 Å². The Morgan fingerprint density at radius 3 is 1.75 bits per heavy atom. The highest BCUT2D eigenvalue weighted by atomic mass is 16.6. The summed E-state index contributed by atoms with van der Waals surface area (Å²) in [6, 6.07) is 20.8. The summed E-state index contributed by atoms with van der Waals surface area (Å²) in [7, 11) is 0. The van der Waals surface area contributed by atoms with Crippen LogP contribution in [0.25, 0.3) is 0 Å². The minimum atomic E-state index is -0.428. The van der Waals surface area contributed by atoms with E-state index in [0.29, 0.717) is 23.0 Å². The highest BCUT2D eigenvalue weighted by Crippen LogP contribution is 2.62. The van der Waals surface area contributed by atoms with E-state index < -0.39 is 12.2 Å². The molecule has 4 nitrogen and oxygen atoms in total. The summed E-state index contributed by atoms with van der Waals surface area (Å²) in [6.07, 6.45) is 10.1. The first-order valence-corrected chi connectivity index (χ1v) is 15.4. The van der Waals surface area contributed by atoms with Crippen LogP contribution >= 0.6 is 0 Å². The van der Waals surface area contributed by atoms with Crippen molar-refractivity contribution in [2.45, 2.75) is 82.3 Å². The molecule has 2 bridgehead atoms. The molecule has 3 aromatic carbocycles. The zero-order valence-electron chi connectivity index (χ0n) is 22.9. The van der Waals surface area contributed by atoms with Crippen molar-refractivity contribution in [3.63, 3.8) is 0 Å². The van der Waals surface area contributed by atoms with Gasteiger partial charge in [-0.15, -0.1) is 0 Å². The molecule has 8 rings (SSSR count). The van der Waals surface area contributed by atoms with E-state index >= 15 is 0 Å². The smallest absolute Gasteiger partial charge is 0.338 e. The summed E-state index contributed by atoms with van der Waals surface area (Å²) in [6.45, 7) is 0. The Kier molecular flexibility index (Phi) is 5.86. The molecular formula is C36H36O4. The number of fused-ring (bicyclic) bond motifs is 9. The van der Waals surface area contributed by atoms with Crippen LogP contribution in [-0.2, 0) is 41.6 Å². The van der Waals surface area contributed by atoms with Gasteiger partial charge in [-0.05, 0) is 134 Å². The third-order valence-corrected chi connectivity index (χ3v) is 10.7. The van der Waals surface area contributed by atoms with Crippen LogP contribution in [0.3, 0.4) is 0 Å². The molecule has 0 aromatic heterocycles. The lowest BCUT2D eigenvalue weighted by molar-refractivity contribution is -0.0698. The third kappa shape index (κ3) is 3.94. The molecule has 6 atom stereocenters. The third-order valence-electron chi connectivity index (χ3n) is 10.7. The van der Waals surface area contributed by atoms with Gasteiger partial charge in [-0.1, -0.05) is 36.4 Å². The molecule has 2 fully saturated rings. The summed E-state index contributed by atoms with van der Waals surface area (Å²) in [5.41, 5.74) is 9.28. The van der Waals surface area contributed by atoms with Crippen LogP contribution in [0, 0.1) is 17.8 Å². The van der Waals surface area contributed by atoms with Crippen molar-refractivity contribution >= 4 is 11.9 Å². The van der Waals surface area contributed by atoms with Crippen LogP contribution in [0.15, 0.2) is 60.7 Å². The molecule has 0 radical (unpaired) electrons. The number of carbonyl (C=O) groups excluding carboxylic acids is 2. The predicted molar refractivity (Wildman–Crippen MR) is 153 cm³/mol. The monoisotopic (exact) mass is 532 g/mol. The highest BCUT2D eigenvalue weighted by molar-refractivity contribution is 5.91. The maximum Gasteiger partial charge on any atom is 0.338 e. The lowest BCUT2D eigenvalue weighted by atomic mass is 9.76. The minimum Gasteiger partial charge on any atom is -0.455 e. The maximum atomic E-state index is 13.6. The summed E-state index contributed by atoms with van der Waals surface area (Å²) in [4.78, 5) is 27.2. The molecule has 5 aliphatic carbocycles. The Bertz CT molecular complexity index is 1500. The molecular weight excluding hydrogens is 496 g/mol. The van der Waals surface area contributed by atoms with Crippen LogP contribution < -0.4 is 0 Å². The van der Waals surface area contributed by atoms with E-state index in [-0.39, 0.29) is 23.8 Å². The molecule has 6 unspecified atom stereocenters. The molecule has 4 heteroatoms. The van der Waals surface area contributed by atoms with Crippen LogP contribution in [0.5, 0.6) is 0 Å². The fourth-order valence-corrected chi connectivity index (χ4v) is 8.87. The van der Waals surface area contributed by atoms with Crippen LogP contribution in [0.2, 0.25) is 0 Å². The van der Waals surface area contributed by atoms with Crippen LogP contribution in [0.4, 0.5) is 0 Å². The van der Waals surface area contributed by atoms with Gasteiger partial charge in [0.1, 0.15) is 12.2 Å². The van der Waals surface area contributed by atoms with Gasteiger partial charge in [-0.3, -0.25) is 0 Å². The van der Waals surface area contributed by atoms with Crippen molar-refractivity contribution in [1.82, 2.24) is 0 Å². The molecule has 3 aromatic rings. The lowest BCUT2D eigenvalue weighted by Crippen LogP contribution is -2.45. The Labute approximate surface area is 236 Å². The Morgan fingerprint density at radius 1 is 0.575 bits per heavy atom. The van der Waals surface area contributed by atoms with E-state index in [0.717, 1.165) is 38.5 Å². The van der Waals surface area contributed by atoms with E-state index in [2.05, 4.69) is 36.4 Å². The van der Waals surface area contributed by atoms with Gasteiger partial charge in [0.2, 0.25) is 0 Å². The summed E-state index contributed by atoms with van der Waals surface area (Å²) >= 11 is 0. The Hall–Kier alpha value is -3.40. The molecule has 0 saturated heterocycles. The first-order chi connectivity index (χ1) is 19.6. The first-order valence-electron chi connectivity index (χ1n) is 15.4. The quantitative estimate of drug-likeness (QED) is 0.347. The molecule has 0 aliphatic heterocycles. The first kappa shape index (κ1) is 24.4. The number of benzene rings is 3. The zero-order chi connectivity index (χ0) is 26.8. The Morgan fingerprint density at radius 2 is 1.12 bits per heavy atom. The largest absolute Gasteiger partial charge is 0.455 e. The van der Waals surface area contributed by atoms with Crippen molar-refractivity contribution in [3.05, 3.63) is 105 Å². The average molecular weight is 533 g/mol. The van der Waals surface area contributed by atoms with Gasteiger partial charge in [-0.2, -0.15) is 0 Å². The van der Waals surface area contributed by atoms with Gasteiger partial charge in [0, 0.05) is 11.8 Å². The molecule has 0 N–H and O–H groups in total. The number of rotatable bonds is 4. The number of ether oxygens (including phenoxy) is 2. The van der Waals surface area contributed by atoms with Gasteiger partial charge in [0.05, 0.1) is 11.1 Å². The van der Waals surface area contributed by atoms with E-state index in [1.165, 1.54) is 59.1 Å². The van der Waals surface area contributed by atoms with Gasteiger partial charge in [0.25, 0.3) is 0 Å². The standard InChI is InChI=1S/C36H36O4/c37-35(26-15-13-21-7-1-3-9-23(21)17-26)39-33-30-20-31(32-28-12-6-5-11-25(28)19-29(30)32)34(33)40-36(38)27-16-14-22-8-2-4-10-24(22)18-27/h5-6,11-18,29-34H,1-4,7-10,19-20H2. The molecule has 2 saturated carbocycles. The summed E-state index contributed by atoms with van der Waals surface area (Å²) < 4.78 is 12.7.